The van der Waals surface area contributed by atoms with Crippen LogP contribution < -0.4 is 0 Å². The third kappa shape index (κ3) is 4.80. The number of hydrogen-bond donors (Lipinski definition) is 0. The van der Waals surface area contributed by atoms with E-state index in [9.17, 15) is 35.9 Å². The number of nitrogens with zero attached hydrogens (tertiary/aromatic N) is 2. The molecule has 4 atom stereocenters. The molecule has 10 heteroatoms. The van der Waals surface area contributed by atoms with Crippen LogP contribution in [0.2, 0.25) is 0 Å². The Balaban J connectivity index is 0.000000155. The molecule has 0 bridgehead atoms. The van der Waals surface area contributed by atoms with Gasteiger partial charge >= 0.3 is 0 Å². The third-order valence-corrected chi connectivity index (χ3v) is 7.84. The maximum atomic E-state index is 13.8. The highest BCUT2D eigenvalue weighted by Crippen LogP contribution is 2.43. The van der Waals surface area contributed by atoms with Gasteiger partial charge in [-0.1, -0.05) is 12.2 Å². The second-order valence-electron chi connectivity index (χ2n) is 10.1. The zero-order valence-electron chi connectivity index (χ0n) is 20.4. The summed E-state index contributed by atoms with van der Waals surface area (Å²) in [4.78, 5) is 27.0. The molecule has 3 fully saturated rings. The lowest BCUT2D eigenvalue weighted by Gasteiger charge is -2.34. The number of carbonyl (C=O) groups excluding carboxylic acids is 2. The van der Waals surface area contributed by atoms with Crippen molar-refractivity contribution in [1.29, 1.82) is 0 Å². The molecule has 0 spiro atoms. The molecule has 202 valence electrons. The molecule has 4 nitrogen and oxygen atoms in total. The molecule has 3 saturated heterocycles. The Labute approximate surface area is 215 Å². The van der Waals surface area contributed by atoms with Crippen LogP contribution in [0.4, 0.5) is 26.3 Å². The molecule has 0 unspecified atom stereocenters. The summed E-state index contributed by atoms with van der Waals surface area (Å²) in [5.74, 6) is -5.73. The zero-order chi connectivity index (χ0) is 27.1. The molecular formula is C28H26F6N2O2. The first-order chi connectivity index (χ1) is 18.2. The third-order valence-electron chi connectivity index (χ3n) is 7.84. The minimum Gasteiger partial charge on any atom is -0.332 e. The Hall–Kier alpha value is -3.30. The van der Waals surface area contributed by atoms with Gasteiger partial charge in [-0.2, -0.15) is 0 Å². The quantitative estimate of drug-likeness (QED) is 0.329. The fourth-order valence-electron chi connectivity index (χ4n) is 6.29. The fourth-order valence-corrected chi connectivity index (χ4v) is 6.29. The van der Waals surface area contributed by atoms with Gasteiger partial charge < -0.3 is 9.80 Å². The Morgan fingerprint density at radius 2 is 1.16 bits per heavy atom. The highest BCUT2D eigenvalue weighted by atomic mass is 19.2. The molecule has 4 aliphatic heterocycles. The molecule has 0 aromatic heterocycles. The molecule has 2 aromatic rings. The minimum absolute atomic E-state index is 0.0538. The summed E-state index contributed by atoms with van der Waals surface area (Å²) in [6.45, 7) is 0. The van der Waals surface area contributed by atoms with E-state index in [0.29, 0.717) is 49.9 Å². The first-order valence-electron chi connectivity index (χ1n) is 12.7. The maximum absolute atomic E-state index is 13.8. The van der Waals surface area contributed by atoms with Crippen molar-refractivity contribution >= 4 is 11.8 Å². The summed E-state index contributed by atoms with van der Waals surface area (Å²) in [6, 6.07) is 1.44. The standard InChI is InChI=1S/C14H14F3NO.C14H12F3NO/c2*15-8-6-10(16)14(11(17)7-8)12-5-4-9-2-1-3-13(19)18(9)12/h6-7,9,12H,1-5H2;1-2,6-7,9,12H,3-5H2/t9-,12+;9-,12-/m10/s1. The fraction of sp³-hybridized carbons (Fsp3) is 0.429. The number of fused-ring (bicyclic) bond motifs is 2. The molecule has 2 aromatic carbocycles. The smallest absolute Gasteiger partial charge is 0.227 e. The van der Waals surface area contributed by atoms with Gasteiger partial charge in [0.15, 0.2) is 0 Å². The van der Waals surface area contributed by atoms with Crippen LogP contribution in [0.1, 0.15) is 74.6 Å². The molecule has 4 heterocycles. The molecule has 2 amide bonds. The first-order valence-corrected chi connectivity index (χ1v) is 12.7. The summed E-state index contributed by atoms with van der Waals surface area (Å²) in [7, 11) is 0. The van der Waals surface area contributed by atoms with Crippen molar-refractivity contribution in [3.05, 3.63) is 82.4 Å². The second-order valence-corrected chi connectivity index (χ2v) is 10.1. The lowest BCUT2D eigenvalue weighted by Crippen LogP contribution is -2.40. The van der Waals surface area contributed by atoms with Crippen molar-refractivity contribution in [1.82, 2.24) is 9.80 Å². The molecule has 4 aliphatic rings. The number of carbonyl (C=O) groups is 2. The number of rotatable bonds is 2. The van der Waals surface area contributed by atoms with E-state index in [0.717, 1.165) is 19.3 Å². The predicted molar refractivity (Wildman–Crippen MR) is 125 cm³/mol. The molecule has 38 heavy (non-hydrogen) atoms. The average Bonchev–Trinajstić information content (AvgIpc) is 3.45. The monoisotopic (exact) mass is 536 g/mol. The Kier molecular flexibility index (Phi) is 7.24. The molecule has 0 N–H and O–H groups in total. The zero-order valence-corrected chi connectivity index (χ0v) is 20.4. The average molecular weight is 537 g/mol. The minimum atomic E-state index is -0.946. The van der Waals surface area contributed by atoms with Crippen LogP contribution in [-0.4, -0.2) is 33.7 Å². The van der Waals surface area contributed by atoms with E-state index < -0.39 is 47.0 Å². The van der Waals surface area contributed by atoms with Crippen molar-refractivity contribution < 1.29 is 35.9 Å². The van der Waals surface area contributed by atoms with E-state index >= 15 is 0 Å². The van der Waals surface area contributed by atoms with E-state index in [4.69, 9.17) is 0 Å². The number of piperidine rings is 1. The van der Waals surface area contributed by atoms with E-state index in [1.807, 2.05) is 6.08 Å². The van der Waals surface area contributed by atoms with E-state index in [-0.39, 0.29) is 41.4 Å². The Bertz CT molecular complexity index is 1250. The van der Waals surface area contributed by atoms with Crippen molar-refractivity contribution in [3.63, 3.8) is 0 Å². The van der Waals surface area contributed by atoms with Gasteiger partial charge in [0.2, 0.25) is 11.8 Å². The van der Waals surface area contributed by atoms with Gasteiger partial charge in [-0.05, 0) is 38.5 Å². The summed E-state index contributed by atoms with van der Waals surface area (Å²) in [6.07, 6.45) is 8.51. The van der Waals surface area contributed by atoms with Gasteiger partial charge in [0.25, 0.3) is 0 Å². The highest BCUT2D eigenvalue weighted by Gasteiger charge is 2.42. The van der Waals surface area contributed by atoms with Gasteiger partial charge in [0, 0.05) is 54.3 Å². The summed E-state index contributed by atoms with van der Waals surface area (Å²) < 4.78 is 81.2. The van der Waals surface area contributed by atoms with Gasteiger partial charge in [0.05, 0.1) is 18.1 Å². The number of amides is 2. The number of halogens is 6. The van der Waals surface area contributed by atoms with Crippen LogP contribution in [0.5, 0.6) is 0 Å². The molecule has 6 rings (SSSR count). The van der Waals surface area contributed by atoms with Crippen LogP contribution >= 0.6 is 0 Å². The maximum Gasteiger partial charge on any atom is 0.227 e. The lowest BCUT2D eigenvalue weighted by molar-refractivity contribution is -0.137. The summed E-state index contributed by atoms with van der Waals surface area (Å²) in [5, 5.41) is 0. The van der Waals surface area contributed by atoms with Crippen LogP contribution in [0.3, 0.4) is 0 Å². The molecule has 0 aliphatic carbocycles. The Morgan fingerprint density at radius 1 is 0.632 bits per heavy atom. The largest absolute Gasteiger partial charge is 0.332 e. The van der Waals surface area contributed by atoms with E-state index in [2.05, 4.69) is 0 Å². The highest BCUT2D eigenvalue weighted by molar-refractivity contribution is 5.80. The van der Waals surface area contributed by atoms with Crippen molar-refractivity contribution in [2.24, 2.45) is 0 Å². The predicted octanol–water partition coefficient (Wildman–Crippen LogP) is 6.42. The first kappa shape index (κ1) is 26.3. The molecular weight excluding hydrogens is 510 g/mol. The van der Waals surface area contributed by atoms with Crippen LogP contribution in [0.15, 0.2) is 36.4 Å². The van der Waals surface area contributed by atoms with Crippen molar-refractivity contribution in [2.75, 3.05) is 0 Å². The van der Waals surface area contributed by atoms with Gasteiger partial charge in [-0.3, -0.25) is 9.59 Å². The van der Waals surface area contributed by atoms with Gasteiger partial charge in [-0.15, -0.1) is 0 Å². The number of hydrogen-bond acceptors (Lipinski definition) is 2. The van der Waals surface area contributed by atoms with Crippen LogP contribution in [0, 0.1) is 34.9 Å². The van der Waals surface area contributed by atoms with Crippen LogP contribution in [-0.2, 0) is 9.59 Å². The van der Waals surface area contributed by atoms with Crippen molar-refractivity contribution in [2.45, 2.75) is 75.5 Å². The topological polar surface area (TPSA) is 40.6 Å². The summed E-state index contributed by atoms with van der Waals surface area (Å²) in [5.41, 5.74) is -0.369. The summed E-state index contributed by atoms with van der Waals surface area (Å²) >= 11 is 0. The SMILES string of the molecule is O=C1CC=C[C@H]2CC[C@@H](c3c(F)cc(F)cc3F)N12.O=C1CCC[C@@H]2CC[C@@H](c3c(F)cc(F)cc3F)N12. The Morgan fingerprint density at radius 3 is 1.74 bits per heavy atom. The van der Waals surface area contributed by atoms with E-state index in [1.54, 1.807) is 11.0 Å². The van der Waals surface area contributed by atoms with Crippen molar-refractivity contribution in [3.8, 4) is 0 Å². The molecule has 0 saturated carbocycles. The lowest BCUT2D eigenvalue weighted by atomic mass is 10.0. The van der Waals surface area contributed by atoms with Crippen LogP contribution in [0.25, 0.3) is 0 Å². The molecule has 0 radical (unpaired) electrons. The second kappa shape index (κ2) is 10.5. The van der Waals surface area contributed by atoms with E-state index in [1.165, 1.54) is 4.90 Å². The normalized spacial score (nSPS) is 26.3. The van der Waals surface area contributed by atoms with Gasteiger partial charge in [0.1, 0.15) is 34.9 Å². The van der Waals surface area contributed by atoms with Gasteiger partial charge in [-0.25, -0.2) is 26.3 Å². The number of benzene rings is 2.